The summed E-state index contributed by atoms with van der Waals surface area (Å²) in [4.78, 5) is 11.2. The maximum absolute atomic E-state index is 14.1. The fourth-order valence-corrected chi connectivity index (χ4v) is 2.57. The number of aromatic nitrogens is 2. The van der Waals surface area contributed by atoms with E-state index >= 15 is 0 Å². The summed E-state index contributed by atoms with van der Waals surface area (Å²) in [7, 11) is 0. The summed E-state index contributed by atoms with van der Waals surface area (Å²) in [5.41, 5.74) is 5.58. The van der Waals surface area contributed by atoms with Crippen molar-refractivity contribution < 1.29 is 13.2 Å². The van der Waals surface area contributed by atoms with Gasteiger partial charge in [0.2, 0.25) is 11.8 Å². The molecule has 0 amide bonds. The van der Waals surface area contributed by atoms with E-state index in [0.29, 0.717) is 19.0 Å². The van der Waals surface area contributed by atoms with Crippen LogP contribution in [0.2, 0.25) is 0 Å². The first-order valence-electron chi connectivity index (χ1n) is 6.88. The molecular formula is C12H17F3N6. The average Bonchev–Trinajstić information content (AvgIpc) is 2.83. The Kier molecular flexibility index (Phi) is 3.52. The van der Waals surface area contributed by atoms with Gasteiger partial charge in [-0.3, -0.25) is 0 Å². The molecule has 0 spiro atoms. The van der Waals surface area contributed by atoms with Gasteiger partial charge in [0.1, 0.15) is 0 Å². The van der Waals surface area contributed by atoms with Gasteiger partial charge in [-0.2, -0.15) is 14.4 Å². The number of halogens is 3. The van der Waals surface area contributed by atoms with E-state index in [4.69, 9.17) is 5.73 Å². The van der Waals surface area contributed by atoms with Crippen LogP contribution in [0, 0.1) is 5.82 Å². The van der Waals surface area contributed by atoms with E-state index in [9.17, 15) is 13.2 Å². The first-order chi connectivity index (χ1) is 9.96. The molecule has 6 nitrogen and oxygen atoms in total. The maximum atomic E-state index is 14.1. The van der Waals surface area contributed by atoms with Crippen LogP contribution < -0.4 is 20.9 Å². The molecule has 2 saturated heterocycles. The van der Waals surface area contributed by atoms with Gasteiger partial charge < -0.3 is 20.9 Å². The SMILES string of the molecule is Nc1nc(N2CCNCC2)nc(N2CCC(F)(F)C2)c1F. The van der Waals surface area contributed by atoms with Gasteiger partial charge in [0.25, 0.3) is 5.92 Å². The van der Waals surface area contributed by atoms with Gasteiger partial charge in [-0.05, 0) is 0 Å². The molecule has 2 aliphatic heterocycles. The minimum Gasteiger partial charge on any atom is -0.381 e. The highest BCUT2D eigenvalue weighted by Crippen LogP contribution is 2.33. The molecule has 0 aromatic carbocycles. The molecule has 116 valence electrons. The molecule has 0 radical (unpaired) electrons. The van der Waals surface area contributed by atoms with Gasteiger partial charge in [-0.25, -0.2) is 8.78 Å². The Bertz CT molecular complexity index is 532. The van der Waals surface area contributed by atoms with Crippen molar-refractivity contribution in [1.82, 2.24) is 15.3 Å². The summed E-state index contributed by atoms with van der Waals surface area (Å²) >= 11 is 0. The Balaban J connectivity index is 1.90. The zero-order valence-electron chi connectivity index (χ0n) is 11.4. The molecule has 0 unspecified atom stereocenters. The number of rotatable bonds is 2. The third-order valence-electron chi connectivity index (χ3n) is 3.72. The van der Waals surface area contributed by atoms with E-state index in [0.717, 1.165) is 13.1 Å². The highest BCUT2D eigenvalue weighted by atomic mass is 19.3. The number of nitrogens with zero attached hydrogens (tertiary/aromatic N) is 4. The third-order valence-corrected chi connectivity index (χ3v) is 3.72. The fraction of sp³-hybridized carbons (Fsp3) is 0.667. The van der Waals surface area contributed by atoms with Gasteiger partial charge in [0.15, 0.2) is 11.6 Å². The molecule has 0 atom stereocenters. The monoisotopic (exact) mass is 302 g/mol. The number of anilines is 3. The average molecular weight is 302 g/mol. The summed E-state index contributed by atoms with van der Waals surface area (Å²) in [6.45, 7) is 2.37. The number of hydrogen-bond donors (Lipinski definition) is 2. The van der Waals surface area contributed by atoms with E-state index < -0.39 is 18.3 Å². The molecular weight excluding hydrogens is 285 g/mol. The number of nitrogens with one attached hydrogen (secondary N) is 1. The largest absolute Gasteiger partial charge is 0.381 e. The molecule has 2 aliphatic rings. The fourth-order valence-electron chi connectivity index (χ4n) is 2.57. The number of nitrogens with two attached hydrogens (primary N) is 1. The lowest BCUT2D eigenvalue weighted by atomic mass is 10.3. The molecule has 0 bridgehead atoms. The maximum Gasteiger partial charge on any atom is 0.266 e. The van der Waals surface area contributed by atoms with Gasteiger partial charge >= 0.3 is 0 Å². The molecule has 3 rings (SSSR count). The summed E-state index contributed by atoms with van der Waals surface area (Å²) in [5, 5.41) is 3.18. The van der Waals surface area contributed by atoms with Crippen molar-refractivity contribution in [3.63, 3.8) is 0 Å². The van der Waals surface area contributed by atoms with Gasteiger partial charge in [0.05, 0.1) is 6.54 Å². The van der Waals surface area contributed by atoms with Crippen molar-refractivity contribution >= 4 is 17.6 Å². The third kappa shape index (κ3) is 2.82. The first kappa shape index (κ1) is 14.2. The van der Waals surface area contributed by atoms with E-state index in [-0.39, 0.29) is 24.6 Å². The highest BCUT2D eigenvalue weighted by molar-refractivity contribution is 5.55. The smallest absolute Gasteiger partial charge is 0.266 e. The van der Waals surface area contributed by atoms with Crippen LogP contribution in [0.1, 0.15) is 6.42 Å². The summed E-state index contributed by atoms with van der Waals surface area (Å²) < 4.78 is 40.7. The van der Waals surface area contributed by atoms with Crippen LogP contribution in [0.4, 0.5) is 30.8 Å². The topological polar surface area (TPSA) is 70.3 Å². The van der Waals surface area contributed by atoms with Gasteiger partial charge in [-0.15, -0.1) is 0 Å². The van der Waals surface area contributed by atoms with Crippen molar-refractivity contribution in [3.8, 4) is 0 Å². The van der Waals surface area contributed by atoms with Crippen molar-refractivity contribution in [2.24, 2.45) is 0 Å². The van der Waals surface area contributed by atoms with Crippen LogP contribution in [0.5, 0.6) is 0 Å². The second kappa shape index (κ2) is 5.21. The second-order valence-electron chi connectivity index (χ2n) is 5.31. The van der Waals surface area contributed by atoms with Crippen LogP contribution in [-0.2, 0) is 0 Å². The molecule has 2 fully saturated rings. The molecule has 9 heteroatoms. The van der Waals surface area contributed by atoms with Crippen LogP contribution in [0.15, 0.2) is 0 Å². The Morgan fingerprint density at radius 3 is 2.43 bits per heavy atom. The zero-order valence-corrected chi connectivity index (χ0v) is 11.4. The normalized spacial score (nSPS) is 21.9. The number of nitrogen functional groups attached to an aromatic ring is 1. The van der Waals surface area contributed by atoms with E-state index in [2.05, 4.69) is 15.3 Å². The number of alkyl halides is 2. The Morgan fingerprint density at radius 1 is 1.10 bits per heavy atom. The molecule has 3 N–H and O–H groups in total. The number of hydrogen-bond acceptors (Lipinski definition) is 6. The Hall–Kier alpha value is -1.77. The lowest BCUT2D eigenvalue weighted by Gasteiger charge is -2.28. The predicted molar refractivity (Wildman–Crippen MR) is 73.3 cm³/mol. The first-order valence-corrected chi connectivity index (χ1v) is 6.88. The summed E-state index contributed by atoms with van der Waals surface area (Å²) in [6.07, 6.45) is -0.306. The number of piperazine rings is 1. The highest BCUT2D eigenvalue weighted by Gasteiger charge is 2.40. The minimum atomic E-state index is -2.82. The molecule has 0 saturated carbocycles. The Morgan fingerprint density at radius 2 is 1.81 bits per heavy atom. The van der Waals surface area contributed by atoms with Crippen molar-refractivity contribution in [1.29, 1.82) is 0 Å². The van der Waals surface area contributed by atoms with Crippen LogP contribution in [-0.4, -0.2) is 55.2 Å². The molecule has 21 heavy (non-hydrogen) atoms. The van der Waals surface area contributed by atoms with E-state index in [1.54, 1.807) is 0 Å². The van der Waals surface area contributed by atoms with Crippen molar-refractivity contribution in [2.75, 3.05) is 54.8 Å². The van der Waals surface area contributed by atoms with Crippen LogP contribution >= 0.6 is 0 Å². The second-order valence-corrected chi connectivity index (χ2v) is 5.31. The molecule has 0 aliphatic carbocycles. The van der Waals surface area contributed by atoms with E-state index in [1.165, 1.54) is 4.90 Å². The summed E-state index contributed by atoms with van der Waals surface area (Å²) in [5.74, 6) is -3.79. The van der Waals surface area contributed by atoms with Crippen molar-refractivity contribution in [3.05, 3.63) is 5.82 Å². The minimum absolute atomic E-state index is 0.0569. The molecule has 3 heterocycles. The Labute approximate surface area is 120 Å². The quantitative estimate of drug-likeness (QED) is 0.827. The van der Waals surface area contributed by atoms with Crippen LogP contribution in [0.25, 0.3) is 0 Å². The van der Waals surface area contributed by atoms with Gasteiger partial charge in [0, 0.05) is 39.1 Å². The van der Waals surface area contributed by atoms with E-state index in [1.807, 2.05) is 4.90 Å². The lowest BCUT2D eigenvalue weighted by Crippen LogP contribution is -2.44. The molecule has 1 aromatic heterocycles. The molecule has 1 aromatic rings. The van der Waals surface area contributed by atoms with Crippen molar-refractivity contribution in [2.45, 2.75) is 12.3 Å². The standard InChI is InChI=1S/C12H17F3N6/c13-8-9(16)18-11(20-5-2-17-3-6-20)19-10(8)21-4-1-12(14,15)7-21/h17H,1-7H2,(H2,16,18,19). The predicted octanol–water partition coefficient (Wildman–Crippen LogP) is 0.453. The zero-order chi connectivity index (χ0) is 15.0. The van der Waals surface area contributed by atoms with Gasteiger partial charge in [-0.1, -0.05) is 0 Å². The van der Waals surface area contributed by atoms with Crippen LogP contribution in [0.3, 0.4) is 0 Å². The summed E-state index contributed by atoms with van der Waals surface area (Å²) in [6, 6.07) is 0. The lowest BCUT2D eigenvalue weighted by molar-refractivity contribution is 0.0256.